The molecule has 2 aromatic carbocycles. The maximum atomic E-state index is 13.5. The summed E-state index contributed by atoms with van der Waals surface area (Å²) in [6, 6.07) is 14.4. The zero-order chi connectivity index (χ0) is 26.8. The SMILES string of the molecule is Cc1ccc(S(=O)(=O)n2cc(-c3csc(-c4cccc([C@@]5(O)CCn6ccnc65)c4)n3)c3nccnc32)cc1. The molecule has 4 aromatic heterocycles. The van der Waals surface area contributed by atoms with E-state index in [2.05, 4.69) is 15.0 Å². The van der Waals surface area contributed by atoms with Crippen LogP contribution in [0.1, 0.15) is 23.4 Å². The molecule has 9 nitrogen and oxygen atoms in total. The molecule has 1 aliphatic rings. The standard InChI is InChI=1S/C28H22N6O3S2/c1-18-5-7-21(8-6-18)39(36,37)34-16-22(24-25(34)30-11-10-29-24)23-17-38-26(32-23)19-3-2-4-20(15-19)28(35)9-13-33-14-12-31-27(28)33/h2-8,10-12,14-17,35H,9,13H2,1H3/t28-/m0/s1. The van der Waals surface area contributed by atoms with Gasteiger partial charge in [-0.05, 0) is 30.7 Å². The van der Waals surface area contributed by atoms with E-state index in [0.29, 0.717) is 35.6 Å². The van der Waals surface area contributed by atoms with Crippen LogP contribution in [0.15, 0.2) is 89.8 Å². The van der Waals surface area contributed by atoms with Crippen LogP contribution in [0.25, 0.3) is 33.0 Å². The van der Waals surface area contributed by atoms with Crippen LogP contribution >= 0.6 is 11.3 Å². The lowest BCUT2D eigenvalue weighted by Crippen LogP contribution is -2.25. The van der Waals surface area contributed by atoms with Crippen molar-refractivity contribution in [3.63, 3.8) is 0 Å². The van der Waals surface area contributed by atoms with Gasteiger partial charge in [0.25, 0.3) is 10.0 Å². The van der Waals surface area contributed by atoms with Crippen molar-refractivity contribution in [3.8, 4) is 21.8 Å². The van der Waals surface area contributed by atoms with Crippen LogP contribution in [0, 0.1) is 6.92 Å². The second kappa shape index (κ2) is 8.67. The van der Waals surface area contributed by atoms with Crippen molar-refractivity contribution in [1.82, 2.24) is 28.5 Å². The van der Waals surface area contributed by atoms with Gasteiger partial charge in [0.15, 0.2) is 5.65 Å². The largest absolute Gasteiger partial charge is 0.377 e. The topological polar surface area (TPSA) is 116 Å². The summed E-state index contributed by atoms with van der Waals surface area (Å²) in [5.74, 6) is 0.639. The number of hydrogen-bond donors (Lipinski definition) is 1. The van der Waals surface area contributed by atoms with Crippen LogP contribution in [-0.2, 0) is 22.2 Å². The predicted molar refractivity (Wildman–Crippen MR) is 148 cm³/mol. The van der Waals surface area contributed by atoms with E-state index in [4.69, 9.17) is 4.98 Å². The van der Waals surface area contributed by atoms with Gasteiger partial charge in [0.05, 0.1) is 10.6 Å². The Balaban J connectivity index is 1.29. The van der Waals surface area contributed by atoms with Gasteiger partial charge in [0.2, 0.25) is 0 Å². The molecule has 0 saturated carbocycles. The number of aromatic nitrogens is 6. The number of benzene rings is 2. The smallest absolute Gasteiger partial charge is 0.269 e. The Morgan fingerprint density at radius 1 is 1.03 bits per heavy atom. The van der Waals surface area contributed by atoms with E-state index in [-0.39, 0.29) is 10.5 Å². The summed E-state index contributed by atoms with van der Waals surface area (Å²) in [5.41, 5.74) is 3.28. The van der Waals surface area contributed by atoms with Crippen LogP contribution in [0.3, 0.4) is 0 Å². The average Bonchev–Trinajstić information content (AvgIpc) is 3.74. The van der Waals surface area contributed by atoms with Crippen molar-refractivity contribution in [1.29, 1.82) is 0 Å². The van der Waals surface area contributed by atoms with Crippen molar-refractivity contribution >= 4 is 32.5 Å². The highest BCUT2D eigenvalue weighted by atomic mass is 32.2. The van der Waals surface area contributed by atoms with E-state index in [1.165, 1.54) is 33.9 Å². The molecule has 0 unspecified atom stereocenters. The fourth-order valence-corrected chi connectivity index (χ4v) is 7.21. The monoisotopic (exact) mass is 554 g/mol. The Kier molecular flexibility index (Phi) is 5.31. The Hall–Kier alpha value is -4.19. The molecule has 0 radical (unpaired) electrons. The summed E-state index contributed by atoms with van der Waals surface area (Å²) in [5, 5.41) is 14.1. The van der Waals surface area contributed by atoms with E-state index in [1.807, 2.05) is 47.3 Å². The predicted octanol–water partition coefficient (Wildman–Crippen LogP) is 4.60. The molecular formula is C28H22N6O3S2. The molecule has 5 heterocycles. The van der Waals surface area contributed by atoms with E-state index in [0.717, 1.165) is 21.7 Å². The summed E-state index contributed by atoms with van der Waals surface area (Å²) in [6.45, 7) is 2.61. The minimum Gasteiger partial charge on any atom is -0.377 e. The normalized spacial score (nSPS) is 17.1. The molecule has 0 bridgehead atoms. The summed E-state index contributed by atoms with van der Waals surface area (Å²) in [6.07, 6.45) is 8.69. The van der Waals surface area contributed by atoms with Crippen molar-refractivity contribution in [3.05, 3.63) is 102 Å². The number of hydrogen-bond acceptors (Lipinski definition) is 8. The van der Waals surface area contributed by atoms with Gasteiger partial charge in [-0.15, -0.1) is 11.3 Å². The Morgan fingerprint density at radius 2 is 1.85 bits per heavy atom. The number of thiazole rings is 1. The fraction of sp³-hybridized carbons (Fsp3) is 0.143. The minimum atomic E-state index is -3.90. The number of aryl methyl sites for hydroxylation is 2. The highest BCUT2D eigenvalue weighted by Crippen LogP contribution is 2.40. The first kappa shape index (κ1) is 23.9. The molecule has 0 spiro atoms. The zero-order valence-corrected chi connectivity index (χ0v) is 22.4. The van der Waals surface area contributed by atoms with E-state index in [9.17, 15) is 13.5 Å². The molecule has 1 aliphatic heterocycles. The molecule has 7 rings (SSSR count). The third-order valence-corrected chi connectivity index (χ3v) is 9.69. The van der Waals surface area contributed by atoms with Gasteiger partial charge in [-0.3, -0.25) is 4.98 Å². The molecule has 11 heteroatoms. The van der Waals surface area contributed by atoms with Gasteiger partial charge in [-0.25, -0.2) is 27.3 Å². The minimum absolute atomic E-state index is 0.170. The van der Waals surface area contributed by atoms with E-state index >= 15 is 0 Å². The maximum Gasteiger partial charge on any atom is 0.269 e. The van der Waals surface area contributed by atoms with Crippen molar-refractivity contribution in [2.75, 3.05) is 0 Å². The van der Waals surface area contributed by atoms with Crippen LogP contribution < -0.4 is 0 Å². The van der Waals surface area contributed by atoms with E-state index < -0.39 is 15.6 Å². The van der Waals surface area contributed by atoms with Gasteiger partial charge < -0.3 is 9.67 Å². The van der Waals surface area contributed by atoms with Crippen molar-refractivity contribution < 1.29 is 13.5 Å². The molecular weight excluding hydrogens is 532 g/mol. The first-order valence-electron chi connectivity index (χ1n) is 12.3. The Labute approximate surface area is 228 Å². The Morgan fingerprint density at radius 3 is 2.69 bits per heavy atom. The second-order valence-corrected chi connectivity index (χ2v) is 12.2. The first-order chi connectivity index (χ1) is 18.8. The molecule has 0 saturated heterocycles. The summed E-state index contributed by atoms with van der Waals surface area (Å²) < 4.78 is 30.2. The second-order valence-electron chi connectivity index (χ2n) is 9.56. The molecule has 39 heavy (non-hydrogen) atoms. The fourth-order valence-electron chi connectivity index (χ4n) is 5.08. The number of nitrogens with zero attached hydrogens (tertiary/aromatic N) is 6. The maximum absolute atomic E-state index is 13.5. The summed E-state index contributed by atoms with van der Waals surface area (Å²) in [4.78, 5) is 18.2. The molecule has 0 fully saturated rings. The lowest BCUT2D eigenvalue weighted by molar-refractivity contribution is 0.0786. The Bertz CT molecular complexity index is 1970. The highest BCUT2D eigenvalue weighted by molar-refractivity contribution is 7.90. The van der Waals surface area contributed by atoms with Gasteiger partial charge in [-0.1, -0.05) is 35.9 Å². The number of aliphatic hydroxyl groups is 1. The third kappa shape index (κ3) is 3.73. The van der Waals surface area contributed by atoms with Crippen LogP contribution in [0.2, 0.25) is 0 Å². The molecule has 0 amide bonds. The highest BCUT2D eigenvalue weighted by Gasteiger charge is 2.40. The lowest BCUT2D eigenvalue weighted by Gasteiger charge is -2.22. The number of rotatable bonds is 5. The van der Waals surface area contributed by atoms with Crippen molar-refractivity contribution in [2.24, 2.45) is 0 Å². The third-order valence-electron chi connectivity index (χ3n) is 7.13. The van der Waals surface area contributed by atoms with Gasteiger partial charge >= 0.3 is 0 Å². The molecule has 194 valence electrons. The van der Waals surface area contributed by atoms with Crippen LogP contribution in [-0.4, -0.2) is 42.0 Å². The lowest BCUT2D eigenvalue weighted by atomic mass is 9.90. The van der Waals surface area contributed by atoms with Gasteiger partial charge in [0, 0.05) is 60.5 Å². The summed E-state index contributed by atoms with van der Waals surface area (Å²) in [7, 11) is -3.90. The molecule has 1 atom stereocenters. The summed E-state index contributed by atoms with van der Waals surface area (Å²) >= 11 is 1.44. The molecule has 1 N–H and O–H groups in total. The van der Waals surface area contributed by atoms with Crippen LogP contribution in [0.4, 0.5) is 0 Å². The zero-order valence-electron chi connectivity index (χ0n) is 20.8. The van der Waals surface area contributed by atoms with E-state index in [1.54, 1.807) is 30.5 Å². The first-order valence-corrected chi connectivity index (χ1v) is 14.6. The molecule has 6 aromatic rings. The quantitative estimate of drug-likeness (QED) is 0.331. The van der Waals surface area contributed by atoms with Gasteiger partial charge in [0.1, 0.15) is 21.9 Å². The average molecular weight is 555 g/mol. The van der Waals surface area contributed by atoms with Crippen molar-refractivity contribution in [2.45, 2.75) is 30.4 Å². The number of fused-ring (bicyclic) bond motifs is 2. The van der Waals surface area contributed by atoms with Gasteiger partial charge in [-0.2, -0.15) is 0 Å². The number of imidazole rings is 1. The van der Waals surface area contributed by atoms with Crippen LogP contribution in [0.5, 0.6) is 0 Å². The molecule has 0 aliphatic carbocycles.